The number of allylic oxidation sites excluding steroid dienone is 6. The van der Waals surface area contributed by atoms with Gasteiger partial charge in [-0.15, -0.1) is 0 Å². The van der Waals surface area contributed by atoms with Gasteiger partial charge in [-0.1, -0.05) is 41.8 Å². The first-order valence-corrected chi connectivity index (χ1v) is 3.78. The van der Waals surface area contributed by atoms with Crippen molar-refractivity contribution in [3.05, 3.63) is 60.1 Å². The molecule has 0 aromatic rings. The van der Waals surface area contributed by atoms with Crippen LogP contribution < -0.4 is 0 Å². The van der Waals surface area contributed by atoms with E-state index in [1.807, 2.05) is 32.1 Å². The third-order valence-corrected chi connectivity index (χ3v) is 1.41. The Bertz CT molecular complexity index is 288. The van der Waals surface area contributed by atoms with Crippen molar-refractivity contribution in [3.63, 3.8) is 0 Å². The molecule has 12 heavy (non-hydrogen) atoms. The summed E-state index contributed by atoms with van der Waals surface area (Å²) >= 11 is 0. The molecule has 0 N–H and O–H groups in total. The topological polar surface area (TPSA) is 0 Å². The molecular weight excluding hydrogens is 144 g/mol. The van der Waals surface area contributed by atoms with E-state index in [-0.39, 0.29) is 0 Å². The summed E-state index contributed by atoms with van der Waals surface area (Å²) in [4.78, 5) is 0. The predicted octanol–water partition coefficient (Wildman–Crippen LogP) is 3.56. The molecular formula is C12H14. The molecule has 0 heterocycles. The molecule has 0 aliphatic heterocycles. The Morgan fingerprint density at radius 1 is 1.25 bits per heavy atom. The van der Waals surface area contributed by atoms with Crippen LogP contribution in [0.15, 0.2) is 60.1 Å². The van der Waals surface area contributed by atoms with E-state index >= 15 is 0 Å². The third kappa shape index (κ3) is 5.32. The lowest BCUT2D eigenvalue weighted by Gasteiger charge is -1.93. The summed E-state index contributed by atoms with van der Waals surface area (Å²) in [5, 5.41) is 0. The highest BCUT2D eigenvalue weighted by molar-refractivity contribution is 5.28. The zero-order valence-electron chi connectivity index (χ0n) is 7.72. The monoisotopic (exact) mass is 158 g/mol. The van der Waals surface area contributed by atoms with Crippen LogP contribution in [0.1, 0.15) is 13.8 Å². The van der Waals surface area contributed by atoms with Crippen LogP contribution in [0.5, 0.6) is 0 Å². The van der Waals surface area contributed by atoms with Gasteiger partial charge >= 0.3 is 0 Å². The molecule has 0 aromatic carbocycles. The van der Waals surface area contributed by atoms with Crippen LogP contribution >= 0.6 is 0 Å². The molecule has 0 spiro atoms. The fraction of sp³-hybridized carbons (Fsp3) is 0.167. The Labute approximate surface area is 74.6 Å². The van der Waals surface area contributed by atoms with Crippen molar-refractivity contribution >= 4 is 0 Å². The summed E-state index contributed by atoms with van der Waals surface area (Å²) < 4.78 is 0. The zero-order chi connectivity index (χ0) is 9.40. The van der Waals surface area contributed by atoms with Crippen molar-refractivity contribution < 1.29 is 0 Å². The summed E-state index contributed by atoms with van der Waals surface area (Å²) in [6.07, 6.45) is 7.58. The molecule has 0 nitrogen and oxygen atoms in total. The third-order valence-electron chi connectivity index (χ3n) is 1.41. The molecule has 0 fully saturated rings. The van der Waals surface area contributed by atoms with Crippen LogP contribution in [-0.2, 0) is 0 Å². The molecule has 0 bridgehead atoms. The Hall–Kier alpha value is -1.48. The van der Waals surface area contributed by atoms with Gasteiger partial charge in [0.05, 0.1) is 0 Å². The maximum Gasteiger partial charge on any atom is -0.0116 e. The van der Waals surface area contributed by atoms with Gasteiger partial charge in [-0.25, -0.2) is 0 Å². The van der Waals surface area contributed by atoms with Crippen LogP contribution in [-0.4, -0.2) is 0 Å². The van der Waals surface area contributed by atoms with Crippen LogP contribution in [0, 0.1) is 0 Å². The van der Waals surface area contributed by atoms with Gasteiger partial charge in [-0.3, -0.25) is 0 Å². The van der Waals surface area contributed by atoms with Gasteiger partial charge in [0.1, 0.15) is 0 Å². The van der Waals surface area contributed by atoms with E-state index < -0.39 is 0 Å². The number of rotatable bonds is 3. The molecule has 0 aliphatic rings. The normalized spacial score (nSPS) is 10.7. The highest BCUT2D eigenvalue weighted by atomic mass is 13.9. The molecule has 62 valence electrons. The Kier molecular flexibility index (Phi) is 5.47. The summed E-state index contributed by atoms with van der Waals surface area (Å²) in [7, 11) is 0. The van der Waals surface area contributed by atoms with E-state index in [1.54, 1.807) is 6.08 Å². The highest BCUT2D eigenvalue weighted by Gasteiger charge is 1.83. The molecule has 0 radical (unpaired) electrons. The van der Waals surface area contributed by atoms with Crippen molar-refractivity contribution in [1.29, 1.82) is 0 Å². The fourth-order valence-corrected chi connectivity index (χ4v) is 0.505. The standard InChI is InChI=1S/C12H14/c1-5-6-7-8-9-10-12(4)11(2)3/h7-10H,1-2H2,3-4H3/b9-8+,12-10+. The molecule has 0 heteroatoms. The predicted molar refractivity (Wildman–Crippen MR) is 54.9 cm³/mol. The second kappa shape index (κ2) is 6.24. The smallest absolute Gasteiger partial charge is 0.0116 e. The lowest BCUT2D eigenvalue weighted by Crippen LogP contribution is -1.72. The van der Waals surface area contributed by atoms with Gasteiger partial charge < -0.3 is 0 Å². The molecule has 0 aromatic heterocycles. The Morgan fingerprint density at radius 3 is 2.42 bits per heavy atom. The average molecular weight is 158 g/mol. The van der Waals surface area contributed by atoms with E-state index in [0.717, 1.165) is 5.57 Å². The van der Waals surface area contributed by atoms with Gasteiger partial charge in [-0.05, 0) is 32.1 Å². The quantitative estimate of drug-likeness (QED) is 0.435. The van der Waals surface area contributed by atoms with Gasteiger partial charge in [0.25, 0.3) is 0 Å². The van der Waals surface area contributed by atoms with Crippen molar-refractivity contribution in [1.82, 2.24) is 0 Å². The first-order chi connectivity index (χ1) is 5.68. The van der Waals surface area contributed by atoms with Crippen molar-refractivity contribution in [2.45, 2.75) is 13.8 Å². The van der Waals surface area contributed by atoms with Gasteiger partial charge in [0.15, 0.2) is 0 Å². The van der Waals surface area contributed by atoms with Crippen molar-refractivity contribution in [2.75, 3.05) is 0 Å². The highest BCUT2D eigenvalue weighted by Crippen LogP contribution is 2.03. The number of hydrogen-bond acceptors (Lipinski definition) is 0. The van der Waals surface area contributed by atoms with Gasteiger partial charge in [-0.2, -0.15) is 0 Å². The molecule has 0 atom stereocenters. The lowest BCUT2D eigenvalue weighted by atomic mass is 10.1. The summed E-state index contributed by atoms with van der Waals surface area (Å²) in [5.74, 6) is 0. The van der Waals surface area contributed by atoms with E-state index in [0.29, 0.717) is 0 Å². The molecule has 0 saturated heterocycles. The maximum atomic E-state index is 3.82. The minimum Gasteiger partial charge on any atom is -0.0958 e. The van der Waals surface area contributed by atoms with E-state index in [2.05, 4.69) is 24.6 Å². The molecule has 0 saturated carbocycles. The van der Waals surface area contributed by atoms with Crippen molar-refractivity contribution in [2.24, 2.45) is 0 Å². The minimum atomic E-state index is 1.09. The molecule has 0 aliphatic carbocycles. The van der Waals surface area contributed by atoms with E-state index in [9.17, 15) is 0 Å². The summed E-state index contributed by atoms with van der Waals surface area (Å²) in [6.45, 7) is 11.2. The van der Waals surface area contributed by atoms with Crippen LogP contribution in [0.25, 0.3) is 0 Å². The Balaban J connectivity index is 4.22. The largest absolute Gasteiger partial charge is 0.0958 e. The van der Waals surface area contributed by atoms with Crippen LogP contribution in [0.2, 0.25) is 0 Å². The van der Waals surface area contributed by atoms with Crippen molar-refractivity contribution in [3.8, 4) is 0 Å². The number of hydrogen-bond donors (Lipinski definition) is 0. The van der Waals surface area contributed by atoms with E-state index in [4.69, 9.17) is 0 Å². The Morgan fingerprint density at radius 2 is 1.92 bits per heavy atom. The van der Waals surface area contributed by atoms with Gasteiger partial charge in [0, 0.05) is 0 Å². The van der Waals surface area contributed by atoms with E-state index in [1.165, 1.54) is 5.57 Å². The summed E-state index contributed by atoms with van der Waals surface area (Å²) in [6, 6.07) is 0. The first kappa shape index (κ1) is 10.5. The second-order valence-electron chi connectivity index (χ2n) is 2.50. The first-order valence-electron chi connectivity index (χ1n) is 3.78. The fourth-order valence-electron chi connectivity index (χ4n) is 0.505. The average Bonchev–Trinajstić information content (AvgIpc) is 2.03. The minimum absolute atomic E-state index is 1.09. The van der Waals surface area contributed by atoms with Crippen LogP contribution in [0.4, 0.5) is 0 Å². The molecule has 0 unspecified atom stereocenters. The summed E-state index contributed by atoms with van der Waals surface area (Å²) in [5.41, 5.74) is 7.53. The lowest BCUT2D eigenvalue weighted by molar-refractivity contribution is 1.36. The maximum absolute atomic E-state index is 3.82. The zero-order valence-corrected chi connectivity index (χ0v) is 7.72. The molecule has 0 amide bonds. The second-order valence-corrected chi connectivity index (χ2v) is 2.50. The van der Waals surface area contributed by atoms with Crippen LogP contribution in [0.3, 0.4) is 0 Å². The van der Waals surface area contributed by atoms with Gasteiger partial charge in [0.2, 0.25) is 0 Å². The SMILES string of the molecule is C=C=C=C/C=C/C=C(\C)C(=C)C. The molecule has 0 rings (SSSR count).